The van der Waals surface area contributed by atoms with Gasteiger partial charge < -0.3 is 0 Å². The van der Waals surface area contributed by atoms with Crippen molar-refractivity contribution in [2.75, 3.05) is 0 Å². The van der Waals surface area contributed by atoms with Gasteiger partial charge in [-0.3, -0.25) is 4.79 Å². The summed E-state index contributed by atoms with van der Waals surface area (Å²) in [6.07, 6.45) is 3.43. The van der Waals surface area contributed by atoms with Crippen LogP contribution in [0.4, 0.5) is 0 Å². The number of hydrogen-bond acceptors (Lipinski definition) is 2. The molecule has 0 atom stereocenters. The number of aromatic nitrogens is 1. The van der Waals surface area contributed by atoms with E-state index in [0.29, 0.717) is 21.5 Å². The maximum Gasteiger partial charge on any atom is 0.253 e. The van der Waals surface area contributed by atoms with Crippen molar-refractivity contribution in [2.45, 2.75) is 26.2 Å². The van der Waals surface area contributed by atoms with Crippen molar-refractivity contribution in [3.8, 4) is 11.3 Å². The normalized spacial score (nSPS) is 11.0. The summed E-state index contributed by atoms with van der Waals surface area (Å²) >= 11 is 11.8. The maximum atomic E-state index is 11.8. The molecule has 3 aromatic rings. The molecular weight excluding hydrogens is 341 g/mol. The van der Waals surface area contributed by atoms with Gasteiger partial charge in [0, 0.05) is 21.5 Å². The van der Waals surface area contributed by atoms with Crippen LogP contribution in [0.3, 0.4) is 0 Å². The quantitative estimate of drug-likeness (QED) is 0.503. The molecule has 0 aliphatic rings. The van der Waals surface area contributed by atoms with E-state index in [1.807, 2.05) is 12.1 Å². The third kappa shape index (κ3) is 3.61. The zero-order valence-corrected chi connectivity index (χ0v) is 14.9. The van der Waals surface area contributed by atoms with Crippen LogP contribution in [0.15, 0.2) is 48.5 Å². The SMILES string of the molecule is CCCCc1ccc(-c2cc(C(=O)Cl)c3cc(Cl)ccc3n2)cc1. The third-order valence-corrected chi connectivity index (χ3v) is 4.49. The van der Waals surface area contributed by atoms with Gasteiger partial charge in [0.2, 0.25) is 0 Å². The average molecular weight is 358 g/mol. The Bertz CT molecular complexity index is 888. The minimum Gasteiger partial charge on any atom is -0.276 e. The Labute approximate surface area is 151 Å². The van der Waals surface area contributed by atoms with Gasteiger partial charge in [0.15, 0.2) is 0 Å². The minimum absolute atomic E-state index is 0.425. The van der Waals surface area contributed by atoms with Crippen LogP contribution in [0.1, 0.15) is 35.7 Å². The lowest BCUT2D eigenvalue weighted by molar-refractivity contribution is 0.108. The number of pyridine rings is 1. The van der Waals surface area contributed by atoms with Gasteiger partial charge in [0.05, 0.1) is 11.2 Å². The zero-order valence-electron chi connectivity index (χ0n) is 13.4. The molecule has 1 aromatic heterocycles. The highest BCUT2D eigenvalue weighted by molar-refractivity contribution is 6.68. The number of unbranched alkanes of at least 4 members (excludes halogenated alkanes) is 1. The van der Waals surface area contributed by atoms with Crippen LogP contribution < -0.4 is 0 Å². The van der Waals surface area contributed by atoms with Crippen molar-refractivity contribution in [3.05, 3.63) is 64.7 Å². The standard InChI is InChI=1S/C20H17Cl2NO/c1-2-3-4-13-5-7-14(8-6-13)19-12-17(20(22)24)16-11-15(21)9-10-18(16)23-19/h5-12H,2-4H2,1H3. The van der Waals surface area contributed by atoms with Crippen LogP contribution in [0.5, 0.6) is 0 Å². The van der Waals surface area contributed by atoms with Crippen molar-refractivity contribution in [3.63, 3.8) is 0 Å². The molecule has 24 heavy (non-hydrogen) atoms. The van der Waals surface area contributed by atoms with E-state index in [2.05, 4.69) is 24.0 Å². The number of fused-ring (bicyclic) bond motifs is 1. The van der Waals surface area contributed by atoms with E-state index in [0.717, 1.165) is 17.7 Å². The fourth-order valence-electron chi connectivity index (χ4n) is 2.73. The van der Waals surface area contributed by atoms with Crippen molar-refractivity contribution < 1.29 is 4.79 Å². The maximum absolute atomic E-state index is 11.8. The molecule has 0 saturated heterocycles. The highest BCUT2D eigenvalue weighted by Crippen LogP contribution is 2.28. The first kappa shape index (κ1) is 16.9. The Hall–Kier alpha value is -1.90. The summed E-state index contributed by atoms with van der Waals surface area (Å²) in [6.45, 7) is 2.18. The number of hydrogen-bond donors (Lipinski definition) is 0. The minimum atomic E-state index is -0.509. The van der Waals surface area contributed by atoms with Crippen LogP contribution in [0, 0.1) is 0 Å². The molecule has 0 bridgehead atoms. The lowest BCUT2D eigenvalue weighted by Crippen LogP contribution is -1.96. The molecule has 0 spiro atoms. The number of carbonyl (C=O) groups is 1. The Balaban J connectivity index is 2.06. The lowest BCUT2D eigenvalue weighted by atomic mass is 10.0. The fourth-order valence-corrected chi connectivity index (χ4v) is 3.06. The number of halogens is 2. The summed E-state index contributed by atoms with van der Waals surface area (Å²) in [5.41, 5.74) is 4.13. The van der Waals surface area contributed by atoms with Gasteiger partial charge in [0.1, 0.15) is 0 Å². The molecule has 1 heterocycles. The van der Waals surface area contributed by atoms with Crippen molar-refractivity contribution in [1.29, 1.82) is 0 Å². The second-order valence-electron chi connectivity index (χ2n) is 5.79. The fraction of sp³-hybridized carbons (Fsp3) is 0.200. The van der Waals surface area contributed by atoms with E-state index in [-0.39, 0.29) is 0 Å². The molecule has 0 fully saturated rings. The molecule has 3 rings (SSSR count). The molecule has 0 unspecified atom stereocenters. The summed E-state index contributed by atoms with van der Waals surface area (Å²) in [5, 5.41) is 0.716. The molecule has 2 nitrogen and oxygen atoms in total. The number of carbonyl (C=O) groups excluding carboxylic acids is 1. The van der Waals surface area contributed by atoms with Crippen molar-refractivity contribution in [1.82, 2.24) is 4.98 Å². The van der Waals surface area contributed by atoms with Crippen molar-refractivity contribution >= 4 is 39.3 Å². The Kier molecular flexibility index (Phi) is 5.17. The van der Waals surface area contributed by atoms with Gasteiger partial charge in [0.25, 0.3) is 5.24 Å². The zero-order chi connectivity index (χ0) is 17.1. The first-order valence-corrected chi connectivity index (χ1v) is 8.73. The third-order valence-electron chi connectivity index (χ3n) is 4.05. The van der Waals surface area contributed by atoms with Crippen molar-refractivity contribution in [2.24, 2.45) is 0 Å². The molecule has 2 aromatic carbocycles. The summed E-state index contributed by atoms with van der Waals surface area (Å²) in [4.78, 5) is 16.5. The van der Waals surface area contributed by atoms with E-state index in [4.69, 9.17) is 23.2 Å². The number of aryl methyl sites for hydroxylation is 1. The topological polar surface area (TPSA) is 30.0 Å². The van der Waals surface area contributed by atoms with E-state index in [1.54, 1.807) is 24.3 Å². The first-order valence-electron chi connectivity index (χ1n) is 7.98. The van der Waals surface area contributed by atoms with E-state index in [9.17, 15) is 4.79 Å². The van der Waals surface area contributed by atoms with Crippen LogP contribution in [-0.2, 0) is 6.42 Å². The van der Waals surface area contributed by atoms with Gasteiger partial charge in [-0.25, -0.2) is 4.98 Å². The smallest absolute Gasteiger partial charge is 0.253 e. The second-order valence-corrected chi connectivity index (χ2v) is 6.57. The number of rotatable bonds is 5. The van der Waals surface area contributed by atoms with E-state index >= 15 is 0 Å². The number of benzene rings is 2. The Morgan fingerprint density at radius 2 is 1.83 bits per heavy atom. The Morgan fingerprint density at radius 3 is 2.50 bits per heavy atom. The van der Waals surface area contributed by atoms with Crippen LogP contribution in [0.2, 0.25) is 5.02 Å². The molecule has 0 amide bonds. The van der Waals surface area contributed by atoms with Gasteiger partial charge in [-0.15, -0.1) is 0 Å². The molecule has 0 N–H and O–H groups in total. The average Bonchev–Trinajstić information content (AvgIpc) is 2.59. The monoisotopic (exact) mass is 357 g/mol. The summed E-state index contributed by atoms with van der Waals surface area (Å²) < 4.78 is 0. The molecule has 122 valence electrons. The van der Waals surface area contributed by atoms with E-state index < -0.39 is 5.24 Å². The molecule has 0 aliphatic heterocycles. The van der Waals surface area contributed by atoms with Crippen LogP contribution in [0.25, 0.3) is 22.2 Å². The predicted molar refractivity (Wildman–Crippen MR) is 101 cm³/mol. The number of nitrogens with zero attached hydrogens (tertiary/aromatic N) is 1. The van der Waals surface area contributed by atoms with Gasteiger partial charge >= 0.3 is 0 Å². The molecule has 0 saturated carbocycles. The largest absolute Gasteiger partial charge is 0.276 e. The molecule has 0 aliphatic carbocycles. The second kappa shape index (κ2) is 7.33. The Morgan fingerprint density at radius 1 is 1.08 bits per heavy atom. The molecule has 0 radical (unpaired) electrons. The first-order chi connectivity index (χ1) is 11.6. The summed E-state index contributed by atoms with van der Waals surface area (Å²) in [5.74, 6) is 0. The molecule has 4 heteroatoms. The van der Waals surface area contributed by atoms with Gasteiger partial charge in [-0.05, 0) is 54.3 Å². The van der Waals surface area contributed by atoms with Crippen LogP contribution in [-0.4, -0.2) is 10.2 Å². The van der Waals surface area contributed by atoms with E-state index in [1.165, 1.54) is 18.4 Å². The van der Waals surface area contributed by atoms with Gasteiger partial charge in [-0.2, -0.15) is 0 Å². The summed E-state index contributed by atoms with van der Waals surface area (Å²) in [7, 11) is 0. The predicted octanol–water partition coefficient (Wildman–Crippen LogP) is 6.28. The highest BCUT2D eigenvalue weighted by atomic mass is 35.5. The lowest BCUT2D eigenvalue weighted by Gasteiger charge is -2.08. The summed E-state index contributed by atoms with van der Waals surface area (Å²) in [6, 6.07) is 15.3. The molecular formula is C20H17Cl2NO. The van der Waals surface area contributed by atoms with Crippen LogP contribution >= 0.6 is 23.2 Å². The van der Waals surface area contributed by atoms with Gasteiger partial charge in [-0.1, -0.05) is 49.2 Å². The highest BCUT2D eigenvalue weighted by Gasteiger charge is 2.12.